The highest BCUT2D eigenvalue weighted by atomic mass is 79.9. The lowest BCUT2D eigenvalue weighted by Gasteiger charge is -2.06. The summed E-state index contributed by atoms with van der Waals surface area (Å²) >= 11 is 3.31. The maximum atomic E-state index is 11.5. The Labute approximate surface area is 118 Å². The molecule has 0 amide bonds. The molecule has 0 aliphatic rings. The molecule has 0 unspecified atom stereocenters. The number of nitrogens with zero attached hydrogens (tertiary/aromatic N) is 3. The average molecular weight is 341 g/mol. The van der Waals surface area contributed by atoms with Crippen LogP contribution in [-0.4, -0.2) is 18.2 Å². The van der Waals surface area contributed by atoms with Gasteiger partial charge in [-0.25, -0.2) is 18.2 Å². The summed E-state index contributed by atoms with van der Waals surface area (Å²) in [5.41, 5.74) is 0.792. The standard InChI is InChI=1S/C11H9BrN4O2S/c12-10-3-1-8(2-4-10)7-16-11(19(14,17)18)9(5-13)6-15-16/h1-4,6H,7H2,(H2,14,17,18). The second-order valence-electron chi connectivity index (χ2n) is 3.80. The molecule has 0 fully saturated rings. The van der Waals surface area contributed by atoms with E-state index < -0.39 is 10.0 Å². The second-order valence-corrected chi connectivity index (χ2v) is 6.20. The Bertz CT molecular complexity index is 744. The van der Waals surface area contributed by atoms with Gasteiger partial charge in [0.15, 0.2) is 5.03 Å². The van der Waals surface area contributed by atoms with Crippen LogP contribution in [0.3, 0.4) is 0 Å². The van der Waals surface area contributed by atoms with Gasteiger partial charge < -0.3 is 0 Å². The lowest BCUT2D eigenvalue weighted by atomic mass is 10.2. The summed E-state index contributed by atoms with van der Waals surface area (Å²) in [7, 11) is -3.99. The Hall–Kier alpha value is -1.69. The first-order valence-electron chi connectivity index (χ1n) is 5.15. The van der Waals surface area contributed by atoms with Crippen molar-refractivity contribution in [3.05, 3.63) is 46.1 Å². The van der Waals surface area contributed by atoms with Crippen LogP contribution in [0.2, 0.25) is 0 Å². The molecule has 98 valence electrons. The molecule has 8 heteroatoms. The number of nitriles is 1. The molecule has 1 aromatic carbocycles. The molecule has 0 saturated heterocycles. The van der Waals surface area contributed by atoms with Gasteiger partial charge in [-0.2, -0.15) is 10.4 Å². The first-order chi connectivity index (χ1) is 8.91. The van der Waals surface area contributed by atoms with E-state index in [1.807, 2.05) is 24.3 Å². The Morgan fingerprint density at radius 3 is 2.53 bits per heavy atom. The zero-order valence-corrected chi connectivity index (χ0v) is 12.0. The zero-order valence-electron chi connectivity index (χ0n) is 9.62. The molecule has 0 spiro atoms. The molecule has 19 heavy (non-hydrogen) atoms. The smallest absolute Gasteiger partial charge is 0.247 e. The van der Waals surface area contributed by atoms with Crippen LogP contribution >= 0.6 is 15.9 Å². The third kappa shape index (κ3) is 3.01. The molecule has 0 atom stereocenters. The van der Waals surface area contributed by atoms with Crippen LogP contribution in [0.1, 0.15) is 11.1 Å². The van der Waals surface area contributed by atoms with Crippen molar-refractivity contribution in [1.29, 1.82) is 5.26 Å². The Kier molecular flexibility index (Phi) is 3.71. The quantitative estimate of drug-likeness (QED) is 0.906. The fourth-order valence-electron chi connectivity index (χ4n) is 1.63. The number of aromatic nitrogens is 2. The molecule has 0 saturated carbocycles. The Balaban J connectivity index is 2.45. The zero-order chi connectivity index (χ0) is 14.0. The van der Waals surface area contributed by atoms with Crippen molar-refractivity contribution >= 4 is 26.0 Å². The van der Waals surface area contributed by atoms with E-state index in [2.05, 4.69) is 21.0 Å². The second kappa shape index (κ2) is 5.13. The maximum Gasteiger partial charge on any atom is 0.256 e. The van der Waals surface area contributed by atoms with Crippen molar-refractivity contribution in [2.75, 3.05) is 0 Å². The predicted octanol–water partition coefficient (Wildman–Crippen LogP) is 1.21. The topological polar surface area (TPSA) is 102 Å². The normalized spacial score (nSPS) is 11.2. The summed E-state index contributed by atoms with van der Waals surface area (Å²) < 4.78 is 25.1. The third-order valence-corrected chi connectivity index (χ3v) is 3.92. The van der Waals surface area contributed by atoms with Crippen LogP contribution in [0.25, 0.3) is 0 Å². The van der Waals surface area contributed by atoms with Gasteiger partial charge in [0.2, 0.25) is 0 Å². The molecule has 2 N–H and O–H groups in total. The van der Waals surface area contributed by atoms with E-state index in [1.54, 1.807) is 6.07 Å². The van der Waals surface area contributed by atoms with Crippen molar-refractivity contribution in [2.24, 2.45) is 5.14 Å². The number of halogens is 1. The fourth-order valence-corrected chi connectivity index (χ4v) is 2.70. The van der Waals surface area contributed by atoms with Gasteiger partial charge in [-0.1, -0.05) is 28.1 Å². The van der Waals surface area contributed by atoms with Gasteiger partial charge in [0.05, 0.1) is 12.7 Å². The first kappa shape index (κ1) is 13.7. The van der Waals surface area contributed by atoms with Crippen molar-refractivity contribution in [3.8, 4) is 6.07 Å². The average Bonchev–Trinajstić information content (AvgIpc) is 2.75. The van der Waals surface area contributed by atoms with Crippen LogP contribution in [0.15, 0.2) is 40.0 Å². The molecule has 0 aliphatic carbocycles. The molecular weight excluding hydrogens is 332 g/mol. The molecule has 0 aliphatic heterocycles. The van der Waals surface area contributed by atoms with Gasteiger partial charge in [0.1, 0.15) is 11.6 Å². The van der Waals surface area contributed by atoms with E-state index in [9.17, 15) is 8.42 Å². The molecule has 1 heterocycles. The third-order valence-electron chi connectivity index (χ3n) is 2.43. The predicted molar refractivity (Wildman–Crippen MR) is 71.6 cm³/mol. The van der Waals surface area contributed by atoms with Crippen LogP contribution in [0.4, 0.5) is 0 Å². The number of primary sulfonamides is 1. The van der Waals surface area contributed by atoms with Gasteiger partial charge in [0.25, 0.3) is 10.0 Å². The maximum absolute atomic E-state index is 11.5. The van der Waals surface area contributed by atoms with Crippen LogP contribution < -0.4 is 5.14 Å². The van der Waals surface area contributed by atoms with Crippen molar-refractivity contribution in [3.63, 3.8) is 0 Å². The van der Waals surface area contributed by atoms with Crippen molar-refractivity contribution in [1.82, 2.24) is 9.78 Å². The molecule has 2 aromatic rings. The van der Waals surface area contributed by atoms with E-state index in [0.717, 1.165) is 10.0 Å². The minimum absolute atomic E-state index is 0.0559. The molecular formula is C11H9BrN4O2S. The molecule has 2 rings (SSSR count). The molecule has 6 nitrogen and oxygen atoms in total. The summed E-state index contributed by atoms with van der Waals surface area (Å²) in [5, 5.41) is 17.6. The largest absolute Gasteiger partial charge is 0.256 e. The number of sulfonamides is 1. The van der Waals surface area contributed by atoms with Crippen molar-refractivity contribution in [2.45, 2.75) is 11.6 Å². The van der Waals surface area contributed by atoms with E-state index in [4.69, 9.17) is 10.4 Å². The highest BCUT2D eigenvalue weighted by Gasteiger charge is 2.21. The van der Waals surface area contributed by atoms with Crippen LogP contribution in [0.5, 0.6) is 0 Å². The molecule has 0 radical (unpaired) electrons. The minimum Gasteiger partial charge on any atom is -0.247 e. The van der Waals surface area contributed by atoms with Crippen LogP contribution in [-0.2, 0) is 16.6 Å². The highest BCUT2D eigenvalue weighted by Crippen LogP contribution is 2.16. The highest BCUT2D eigenvalue weighted by molar-refractivity contribution is 9.10. The summed E-state index contributed by atoms with van der Waals surface area (Å²) in [4.78, 5) is 0. The number of hydrogen-bond acceptors (Lipinski definition) is 4. The summed E-state index contributed by atoms with van der Waals surface area (Å²) in [6, 6.07) is 9.08. The van der Waals surface area contributed by atoms with E-state index in [0.29, 0.717) is 0 Å². The fraction of sp³-hybridized carbons (Fsp3) is 0.0909. The van der Waals surface area contributed by atoms with Gasteiger partial charge in [-0.15, -0.1) is 0 Å². The monoisotopic (exact) mass is 340 g/mol. The van der Waals surface area contributed by atoms with Crippen LogP contribution in [0, 0.1) is 11.3 Å². The van der Waals surface area contributed by atoms with Gasteiger partial charge in [0, 0.05) is 4.47 Å². The van der Waals surface area contributed by atoms with Crippen molar-refractivity contribution < 1.29 is 8.42 Å². The minimum atomic E-state index is -3.99. The van der Waals surface area contributed by atoms with E-state index >= 15 is 0 Å². The van der Waals surface area contributed by atoms with Gasteiger partial charge >= 0.3 is 0 Å². The van der Waals surface area contributed by atoms with E-state index in [1.165, 1.54) is 10.9 Å². The summed E-state index contributed by atoms with van der Waals surface area (Å²) in [6.45, 7) is 0.223. The number of nitrogens with two attached hydrogens (primary N) is 1. The summed E-state index contributed by atoms with van der Waals surface area (Å²) in [6.07, 6.45) is 1.19. The number of rotatable bonds is 3. The van der Waals surface area contributed by atoms with Gasteiger partial charge in [-0.05, 0) is 17.7 Å². The first-order valence-corrected chi connectivity index (χ1v) is 7.49. The molecule has 0 bridgehead atoms. The van der Waals surface area contributed by atoms with E-state index in [-0.39, 0.29) is 17.1 Å². The Morgan fingerprint density at radius 2 is 2.00 bits per heavy atom. The number of benzene rings is 1. The lowest BCUT2D eigenvalue weighted by molar-refractivity contribution is 0.563. The van der Waals surface area contributed by atoms with Gasteiger partial charge in [-0.3, -0.25) is 0 Å². The summed E-state index contributed by atoms with van der Waals surface area (Å²) in [5.74, 6) is 0. The lowest BCUT2D eigenvalue weighted by Crippen LogP contribution is -2.19. The molecule has 1 aromatic heterocycles. The SMILES string of the molecule is N#Cc1cnn(Cc2ccc(Br)cc2)c1S(N)(=O)=O. The Morgan fingerprint density at radius 1 is 1.37 bits per heavy atom. The number of hydrogen-bond donors (Lipinski definition) is 1.